The third kappa shape index (κ3) is 2.77. The second-order valence-corrected chi connectivity index (χ2v) is 5.06. The van der Waals surface area contributed by atoms with Crippen molar-refractivity contribution in [3.63, 3.8) is 0 Å². The van der Waals surface area contributed by atoms with Gasteiger partial charge in [-0.15, -0.1) is 0 Å². The molecule has 1 N–H and O–H groups in total. The summed E-state index contributed by atoms with van der Waals surface area (Å²) in [6, 6.07) is 2.62. The molecular formula is C12H15BrF2N2. The first-order valence-electron chi connectivity index (χ1n) is 5.74. The van der Waals surface area contributed by atoms with Crippen LogP contribution in [0.2, 0.25) is 0 Å². The molecule has 0 radical (unpaired) electrons. The summed E-state index contributed by atoms with van der Waals surface area (Å²) >= 11 is 3.22. The summed E-state index contributed by atoms with van der Waals surface area (Å²) in [5.74, 6) is -1.06. The fourth-order valence-electron chi connectivity index (χ4n) is 2.26. The van der Waals surface area contributed by atoms with E-state index < -0.39 is 11.6 Å². The highest BCUT2D eigenvalue weighted by atomic mass is 79.9. The highest BCUT2D eigenvalue weighted by molar-refractivity contribution is 9.10. The highest BCUT2D eigenvalue weighted by Gasteiger charge is 2.25. The van der Waals surface area contributed by atoms with Gasteiger partial charge in [-0.3, -0.25) is 0 Å². The van der Waals surface area contributed by atoms with E-state index in [1.165, 1.54) is 6.07 Å². The van der Waals surface area contributed by atoms with Crippen molar-refractivity contribution < 1.29 is 8.78 Å². The summed E-state index contributed by atoms with van der Waals surface area (Å²) in [4.78, 5) is 1.95. The fourth-order valence-corrected chi connectivity index (χ4v) is 2.91. The number of halogens is 3. The van der Waals surface area contributed by atoms with E-state index in [4.69, 9.17) is 0 Å². The smallest absolute Gasteiger partial charge is 0.150 e. The molecule has 1 fully saturated rings. The van der Waals surface area contributed by atoms with E-state index in [2.05, 4.69) is 28.2 Å². The summed E-state index contributed by atoms with van der Waals surface area (Å²) in [5, 5.41) is 3.34. The first-order chi connectivity index (χ1) is 8.11. The van der Waals surface area contributed by atoms with Crippen molar-refractivity contribution in [1.82, 2.24) is 5.32 Å². The Morgan fingerprint density at radius 3 is 2.88 bits per heavy atom. The van der Waals surface area contributed by atoms with Gasteiger partial charge in [-0.2, -0.15) is 0 Å². The van der Waals surface area contributed by atoms with Gasteiger partial charge in [-0.1, -0.05) is 6.92 Å². The van der Waals surface area contributed by atoms with Crippen LogP contribution < -0.4 is 10.2 Å². The quantitative estimate of drug-likeness (QED) is 0.924. The number of nitrogens with one attached hydrogen (secondary N) is 1. The Bertz CT molecular complexity index is 388. The van der Waals surface area contributed by atoms with E-state index in [0.29, 0.717) is 16.2 Å². The molecule has 0 amide bonds. The molecule has 0 bridgehead atoms. The number of nitrogens with zero attached hydrogens (tertiary/aromatic N) is 1. The first kappa shape index (κ1) is 12.8. The summed E-state index contributed by atoms with van der Waals surface area (Å²) in [6.45, 7) is 4.51. The van der Waals surface area contributed by atoms with Crippen LogP contribution in [-0.4, -0.2) is 25.7 Å². The minimum absolute atomic E-state index is 0.386. The Morgan fingerprint density at radius 1 is 1.47 bits per heavy atom. The van der Waals surface area contributed by atoms with Crippen LogP contribution in [-0.2, 0) is 0 Å². The van der Waals surface area contributed by atoms with Crippen LogP contribution in [0.3, 0.4) is 0 Å². The van der Waals surface area contributed by atoms with Crippen LogP contribution in [0.25, 0.3) is 0 Å². The molecule has 1 saturated heterocycles. The van der Waals surface area contributed by atoms with Crippen molar-refractivity contribution in [2.75, 3.05) is 24.5 Å². The van der Waals surface area contributed by atoms with Crippen LogP contribution in [0, 0.1) is 11.6 Å². The van der Waals surface area contributed by atoms with E-state index in [9.17, 15) is 8.78 Å². The topological polar surface area (TPSA) is 15.3 Å². The molecule has 0 aromatic heterocycles. The van der Waals surface area contributed by atoms with Gasteiger partial charge in [0.1, 0.15) is 5.82 Å². The molecule has 17 heavy (non-hydrogen) atoms. The van der Waals surface area contributed by atoms with E-state index >= 15 is 0 Å². The van der Waals surface area contributed by atoms with Crippen LogP contribution in [0.4, 0.5) is 14.5 Å². The minimum Gasteiger partial charge on any atom is -0.367 e. The molecule has 5 heteroatoms. The van der Waals surface area contributed by atoms with Crippen molar-refractivity contribution >= 4 is 21.6 Å². The van der Waals surface area contributed by atoms with Gasteiger partial charge in [-0.25, -0.2) is 8.78 Å². The second kappa shape index (κ2) is 5.31. The number of anilines is 1. The number of hydrogen-bond donors (Lipinski definition) is 1. The molecule has 0 spiro atoms. The van der Waals surface area contributed by atoms with E-state index in [0.717, 1.165) is 32.1 Å². The maximum atomic E-state index is 13.7. The standard InChI is InChI=1S/C12H15BrF2N2/c1-2-16-9-3-4-17(7-9)12-10(13)5-8(14)6-11(12)15/h5-6,9,16H,2-4,7H2,1H3. The molecule has 1 aliphatic heterocycles. The Balaban J connectivity index is 2.19. The number of hydrogen-bond acceptors (Lipinski definition) is 2. The summed E-state index contributed by atoms with van der Waals surface area (Å²) in [5.41, 5.74) is 0.465. The van der Waals surface area contributed by atoms with E-state index in [1.54, 1.807) is 0 Å². The largest absolute Gasteiger partial charge is 0.367 e. The van der Waals surface area contributed by atoms with Gasteiger partial charge >= 0.3 is 0 Å². The van der Waals surface area contributed by atoms with Gasteiger partial charge in [0.05, 0.1) is 5.69 Å². The third-order valence-electron chi connectivity index (χ3n) is 2.98. The predicted octanol–water partition coefficient (Wildman–Crippen LogP) is 2.92. The zero-order valence-electron chi connectivity index (χ0n) is 9.64. The van der Waals surface area contributed by atoms with Gasteiger partial charge < -0.3 is 10.2 Å². The lowest BCUT2D eigenvalue weighted by Gasteiger charge is -2.21. The molecule has 1 aromatic carbocycles. The van der Waals surface area contributed by atoms with E-state index in [-0.39, 0.29) is 0 Å². The zero-order valence-corrected chi connectivity index (χ0v) is 11.2. The van der Waals surface area contributed by atoms with Crippen LogP contribution in [0.1, 0.15) is 13.3 Å². The predicted molar refractivity (Wildman–Crippen MR) is 68.4 cm³/mol. The minimum atomic E-state index is -0.555. The third-order valence-corrected chi connectivity index (χ3v) is 3.58. The van der Waals surface area contributed by atoms with Crippen LogP contribution in [0.5, 0.6) is 0 Å². The number of benzene rings is 1. The van der Waals surface area contributed by atoms with Gasteiger partial charge in [0.25, 0.3) is 0 Å². The normalized spacial score (nSPS) is 20.0. The van der Waals surface area contributed by atoms with Gasteiger partial charge in [0, 0.05) is 29.7 Å². The van der Waals surface area contributed by atoms with Crippen molar-refractivity contribution in [2.45, 2.75) is 19.4 Å². The molecule has 2 nitrogen and oxygen atoms in total. The lowest BCUT2D eigenvalue weighted by atomic mass is 10.2. The first-order valence-corrected chi connectivity index (χ1v) is 6.54. The molecule has 1 aliphatic rings. The molecule has 94 valence electrons. The Morgan fingerprint density at radius 2 is 2.24 bits per heavy atom. The van der Waals surface area contributed by atoms with Gasteiger partial charge in [0.15, 0.2) is 5.82 Å². The van der Waals surface area contributed by atoms with Gasteiger partial charge in [-0.05, 0) is 35.0 Å². The van der Waals surface area contributed by atoms with Crippen molar-refractivity contribution in [1.29, 1.82) is 0 Å². The molecule has 0 aliphatic carbocycles. The Labute approximate surface area is 108 Å². The number of likely N-dealkylation sites (N-methyl/N-ethyl adjacent to an activating group) is 1. The average molecular weight is 305 g/mol. The summed E-state index contributed by atoms with van der Waals surface area (Å²) < 4.78 is 27.2. The lowest BCUT2D eigenvalue weighted by Crippen LogP contribution is -2.32. The lowest BCUT2D eigenvalue weighted by molar-refractivity contribution is 0.566. The molecule has 0 saturated carbocycles. The maximum absolute atomic E-state index is 13.7. The maximum Gasteiger partial charge on any atom is 0.150 e. The Hall–Kier alpha value is -0.680. The monoisotopic (exact) mass is 304 g/mol. The SMILES string of the molecule is CCNC1CCN(c2c(F)cc(F)cc2Br)C1. The summed E-state index contributed by atoms with van der Waals surface area (Å²) in [6.07, 6.45) is 0.983. The highest BCUT2D eigenvalue weighted by Crippen LogP contribution is 2.32. The number of rotatable bonds is 3. The molecule has 1 atom stereocenters. The Kier molecular flexibility index (Phi) is 3.99. The van der Waals surface area contributed by atoms with Crippen LogP contribution in [0.15, 0.2) is 16.6 Å². The average Bonchev–Trinajstić information content (AvgIpc) is 2.65. The molecule has 1 aromatic rings. The zero-order chi connectivity index (χ0) is 12.4. The fraction of sp³-hybridized carbons (Fsp3) is 0.500. The van der Waals surface area contributed by atoms with Crippen molar-refractivity contribution in [3.05, 3.63) is 28.2 Å². The summed E-state index contributed by atoms with van der Waals surface area (Å²) in [7, 11) is 0. The van der Waals surface area contributed by atoms with E-state index in [1.807, 2.05) is 4.90 Å². The molecule has 1 unspecified atom stereocenters. The van der Waals surface area contributed by atoms with Crippen LogP contribution >= 0.6 is 15.9 Å². The van der Waals surface area contributed by atoms with Crippen molar-refractivity contribution in [2.24, 2.45) is 0 Å². The van der Waals surface area contributed by atoms with Crippen molar-refractivity contribution in [3.8, 4) is 0 Å². The molecule has 1 heterocycles. The van der Waals surface area contributed by atoms with Gasteiger partial charge in [0.2, 0.25) is 0 Å². The molecule has 2 rings (SSSR count). The molecular weight excluding hydrogens is 290 g/mol. The second-order valence-electron chi connectivity index (χ2n) is 4.21.